The Morgan fingerprint density at radius 1 is 0.500 bits per heavy atom. The quantitative estimate of drug-likeness (QED) is 0.0212. The highest BCUT2D eigenvalue weighted by atomic mass is 31.2. The zero-order valence-corrected chi connectivity index (χ0v) is 48.3. The van der Waals surface area contributed by atoms with Crippen molar-refractivity contribution in [1.29, 1.82) is 0 Å². The molecule has 3 atom stereocenters. The first-order valence-corrected chi connectivity index (χ1v) is 30.9. The number of quaternary nitrogens is 1. The highest BCUT2D eigenvalue weighted by molar-refractivity contribution is 7.45. The van der Waals surface area contributed by atoms with Gasteiger partial charge in [-0.25, -0.2) is 0 Å². The molecule has 0 bridgehead atoms. The number of carbonyl (C=O) groups is 2. The predicted molar refractivity (Wildman–Crippen MR) is 307 cm³/mol. The maximum absolute atomic E-state index is 13.4. The van der Waals surface area contributed by atoms with Crippen LogP contribution in [-0.4, -0.2) is 69.4 Å². The number of carbonyl (C=O) groups excluding carboxylic acids is 2. The molecule has 0 aliphatic carbocycles. The van der Waals surface area contributed by atoms with E-state index >= 15 is 0 Å². The molecule has 0 aliphatic rings. The van der Waals surface area contributed by atoms with Crippen LogP contribution in [0.4, 0.5) is 0 Å². The first-order chi connectivity index (χ1) is 34.9. The van der Waals surface area contributed by atoms with Crippen molar-refractivity contribution in [3.8, 4) is 0 Å². The molecule has 10 heteroatoms. The highest BCUT2D eigenvalue weighted by Gasteiger charge is 2.27. The van der Waals surface area contributed by atoms with E-state index in [0.717, 1.165) is 103 Å². The molecule has 0 aromatic carbocycles. The second-order valence-electron chi connectivity index (χ2n) is 20.8. The summed E-state index contributed by atoms with van der Waals surface area (Å²) in [7, 11) is 1.16. The van der Waals surface area contributed by atoms with E-state index in [1.54, 1.807) is 0 Å². The number of esters is 1. The highest BCUT2D eigenvalue weighted by Crippen LogP contribution is 2.38. The fraction of sp³-hybridized carbons (Fsp3) is 0.742. The average molecular weight is 1030 g/mol. The van der Waals surface area contributed by atoms with Gasteiger partial charge < -0.3 is 28.5 Å². The van der Waals surface area contributed by atoms with E-state index in [2.05, 4.69) is 99.0 Å². The van der Waals surface area contributed by atoms with Crippen molar-refractivity contribution in [3.05, 3.63) is 85.1 Å². The number of allylic oxidation sites excluding steroid dienone is 13. The van der Waals surface area contributed by atoms with E-state index in [1.165, 1.54) is 103 Å². The number of likely N-dealkylation sites (N-methyl/N-ethyl adjacent to an activating group) is 1. The van der Waals surface area contributed by atoms with E-state index in [-0.39, 0.29) is 24.9 Å². The molecular formula is C62H111N2O7P. The fourth-order valence-electron chi connectivity index (χ4n) is 8.05. The summed E-state index contributed by atoms with van der Waals surface area (Å²) in [5, 5.41) is 3.01. The molecule has 9 nitrogen and oxygen atoms in total. The number of phosphoric ester groups is 1. The van der Waals surface area contributed by atoms with Gasteiger partial charge in [0, 0.05) is 12.8 Å². The van der Waals surface area contributed by atoms with Crippen LogP contribution in [0.25, 0.3) is 0 Å². The molecular weight excluding hydrogens is 916 g/mol. The number of hydrogen-bond acceptors (Lipinski definition) is 7. The number of nitrogens with zero attached hydrogens (tertiary/aromatic N) is 1. The van der Waals surface area contributed by atoms with Crippen molar-refractivity contribution in [2.75, 3.05) is 40.9 Å². The van der Waals surface area contributed by atoms with Crippen LogP contribution in [-0.2, 0) is 27.9 Å². The van der Waals surface area contributed by atoms with E-state index in [4.69, 9.17) is 13.8 Å². The smallest absolute Gasteiger partial charge is 0.306 e. The number of rotatable bonds is 52. The maximum atomic E-state index is 13.4. The molecule has 0 spiro atoms. The van der Waals surface area contributed by atoms with Gasteiger partial charge in [-0.1, -0.05) is 235 Å². The number of ether oxygens (including phenoxy) is 1. The Kier molecular flexibility index (Phi) is 49.6. The van der Waals surface area contributed by atoms with Crippen molar-refractivity contribution in [3.63, 3.8) is 0 Å². The van der Waals surface area contributed by atoms with Gasteiger partial charge in [0.25, 0.3) is 7.82 Å². The van der Waals surface area contributed by atoms with Crippen molar-refractivity contribution >= 4 is 19.7 Å². The van der Waals surface area contributed by atoms with E-state index in [1.807, 2.05) is 33.3 Å². The van der Waals surface area contributed by atoms with Gasteiger partial charge in [-0.15, -0.1) is 0 Å². The Labute approximate surface area is 444 Å². The molecule has 0 saturated heterocycles. The second-order valence-corrected chi connectivity index (χ2v) is 22.2. The van der Waals surface area contributed by atoms with E-state index in [0.29, 0.717) is 23.9 Å². The van der Waals surface area contributed by atoms with Crippen molar-refractivity contribution in [2.24, 2.45) is 0 Å². The third kappa shape index (κ3) is 52.1. The number of nitrogens with one attached hydrogen (secondary N) is 1. The van der Waals surface area contributed by atoms with Gasteiger partial charge in [0.1, 0.15) is 19.3 Å². The second kappa shape index (κ2) is 51.7. The summed E-state index contributed by atoms with van der Waals surface area (Å²) in [5.74, 6) is -0.572. The molecule has 0 aromatic rings. The number of unbranched alkanes of at least 4 members (excludes halogenated alkanes) is 24. The molecule has 0 radical (unpaired) electrons. The van der Waals surface area contributed by atoms with Gasteiger partial charge in [-0.2, -0.15) is 0 Å². The zero-order valence-electron chi connectivity index (χ0n) is 47.4. The summed E-state index contributed by atoms with van der Waals surface area (Å²) in [5.41, 5.74) is 0. The Bertz CT molecular complexity index is 1510. The minimum absolute atomic E-state index is 0.0290. The van der Waals surface area contributed by atoms with Gasteiger partial charge in [0.15, 0.2) is 0 Å². The molecule has 0 aliphatic heterocycles. The largest absolute Gasteiger partial charge is 0.756 e. The zero-order chi connectivity index (χ0) is 52.9. The number of hydrogen-bond donors (Lipinski definition) is 1. The van der Waals surface area contributed by atoms with Crippen molar-refractivity contribution in [1.82, 2.24) is 5.32 Å². The Morgan fingerprint density at radius 3 is 1.33 bits per heavy atom. The minimum Gasteiger partial charge on any atom is -0.756 e. The molecule has 1 amide bonds. The third-order valence-corrected chi connectivity index (χ3v) is 13.6. The van der Waals surface area contributed by atoms with Gasteiger partial charge in [0.05, 0.1) is 33.8 Å². The monoisotopic (exact) mass is 1030 g/mol. The molecule has 0 heterocycles. The van der Waals surface area contributed by atoms with Crippen molar-refractivity contribution in [2.45, 2.75) is 258 Å². The summed E-state index contributed by atoms with van der Waals surface area (Å²) < 4.78 is 30.2. The van der Waals surface area contributed by atoms with Gasteiger partial charge in [-0.05, 0) is 83.1 Å². The lowest BCUT2D eigenvalue weighted by molar-refractivity contribution is -0.870. The van der Waals surface area contributed by atoms with Gasteiger partial charge in [0.2, 0.25) is 5.91 Å². The molecule has 0 saturated carbocycles. The standard InChI is InChI=1S/C62H111N2O7P/c1-7-10-13-16-19-22-25-27-28-29-30-31-32-33-34-35-36-37-40-43-46-49-52-55-62(66)71-60(53-50-47-44-41-39-26-23-20-17-14-11-8-2)59(58-70-72(67,68)69-57-56-64(4,5)6)63-61(65)54-51-48-45-42-38-24-21-18-15-12-9-3/h10,13,19,22,27-28,30-31,33-34,36-37,50,53,59-60H,7-9,11-12,14-18,20-21,23-26,29,32,35,38-49,51-52,54-58H2,1-6H3,(H-,63,65,67,68)/b13-10-,22-19-,28-27-,31-30-,34-33-,37-36-,53-50-. The van der Waals surface area contributed by atoms with Crippen LogP contribution < -0.4 is 10.2 Å². The lowest BCUT2D eigenvalue weighted by Crippen LogP contribution is -2.47. The molecule has 0 aromatic heterocycles. The SMILES string of the molecule is CC/C=C\C/C=C\C/C=C\C/C=C\C/C=C\C/C=C\CCCCCCC(=O)OC(/C=C\CCCCCCCCCCCC)C(COP(=O)([O-])OCC[N+](C)(C)C)NC(=O)CCCCCCCCCCCCC. The number of amides is 1. The molecule has 3 unspecified atom stereocenters. The summed E-state index contributed by atoms with van der Waals surface area (Å²) >= 11 is 0. The Hall–Kier alpha value is -2.81. The van der Waals surface area contributed by atoms with Crippen LogP contribution in [0.15, 0.2) is 85.1 Å². The lowest BCUT2D eigenvalue weighted by atomic mass is 10.0. The Morgan fingerprint density at radius 2 is 0.889 bits per heavy atom. The van der Waals surface area contributed by atoms with Crippen LogP contribution in [0.3, 0.4) is 0 Å². The topological polar surface area (TPSA) is 114 Å². The maximum Gasteiger partial charge on any atom is 0.306 e. The molecule has 416 valence electrons. The summed E-state index contributed by atoms with van der Waals surface area (Å²) in [6, 6.07) is -0.899. The molecule has 72 heavy (non-hydrogen) atoms. The predicted octanol–water partition coefficient (Wildman–Crippen LogP) is 17.2. The third-order valence-electron chi connectivity index (χ3n) is 12.6. The first-order valence-electron chi connectivity index (χ1n) is 29.4. The molecule has 1 N–H and O–H groups in total. The van der Waals surface area contributed by atoms with E-state index in [9.17, 15) is 19.0 Å². The van der Waals surface area contributed by atoms with Gasteiger partial charge >= 0.3 is 5.97 Å². The summed E-state index contributed by atoms with van der Waals surface area (Å²) in [6.07, 6.45) is 66.9. The molecule has 0 fully saturated rings. The van der Waals surface area contributed by atoms with Gasteiger partial charge in [-0.3, -0.25) is 14.2 Å². The normalized spacial score (nSPS) is 14.4. The van der Waals surface area contributed by atoms with Crippen LogP contribution in [0.1, 0.15) is 245 Å². The van der Waals surface area contributed by atoms with Crippen LogP contribution in [0.2, 0.25) is 0 Å². The minimum atomic E-state index is -4.70. The summed E-state index contributed by atoms with van der Waals surface area (Å²) in [6.45, 7) is 6.69. The lowest BCUT2D eigenvalue weighted by Gasteiger charge is -2.30. The van der Waals surface area contributed by atoms with E-state index < -0.39 is 26.6 Å². The van der Waals surface area contributed by atoms with Crippen molar-refractivity contribution < 1.29 is 37.3 Å². The fourth-order valence-corrected chi connectivity index (χ4v) is 8.78. The first kappa shape index (κ1) is 69.2. The summed E-state index contributed by atoms with van der Waals surface area (Å²) in [4.78, 5) is 39.8. The number of phosphoric acid groups is 1. The Balaban J connectivity index is 5.28. The molecule has 0 rings (SSSR count). The average Bonchev–Trinajstić information content (AvgIpc) is 3.34. The van der Waals surface area contributed by atoms with Crippen LogP contribution >= 0.6 is 7.82 Å². The van der Waals surface area contributed by atoms with Crippen LogP contribution in [0, 0.1) is 0 Å². The van der Waals surface area contributed by atoms with Crippen LogP contribution in [0.5, 0.6) is 0 Å².